The molecule has 2 rings (SSSR count). The first-order valence-electron chi connectivity index (χ1n) is 4.56. The Bertz CT molecular complexity index is 501. The molecule has 1 aromatic carbocycles. The molecule has 0 unspecified atom stereocenters. The number of aliphatic hydroxyl groups is 1. The molecule has 0 aliphatic carbocycles. The van der Waals surface area contributed by atoms with Crippen molar-refractivity contribution in [2.24, 2.45) is 0 Å². The van der Waals surface area contributed by atoms with E-state index >= 15 is 0 Å². The molecule has 4 nitrogen and oxygen atoms in total. The zero-order valence-electron chi connectivity index (χ0n) is 8.48. The van der Waals surface area contributed by atoms with E-state index in [-0.39, 0.29) is 6.61 Å². The highest BCUT2D eigenvalue weighted by Gasteiger charge is 2.06. The second-order valence-electron chi connectivity index (χ2n) is 3.10. The van der Waals surface area contributed by atoms with Crippen molar-refractivity contribution in [2.45, 2.75) is 23.6 Å². The second kappa shape index (κ2) is 4.99. The summed E-state index contributed by atoms with van der Waals surface area (Å²) in [5, 5.41) is 17.2. The Labute approximate surface area is 105 Å². The van der Waals surface area contributed by atoms with Gasteiger partial charge in [0.1, 0.15) is 0 Å². The van der Waals surface area contributed by atoms with Crippen LogP contribution in [0.4, 0.5) is 0 Å². The van der Waals surface area contributed by atoms with Crippen LogP contribution in [0.2, 0.25) is 0 Å². The van der Waals surface area contributed by atoms with E-state index in [1.165, 1.54) is 11.8 Å². The molecule has 0 spiro atoms. The van der Waals surface area contributed by atoms with E-state index in [1.807, 2.05) is 18.2 Å². The average molecular weight is 301 g/mol. The summed E-state index contributed by atoms with van der Waals surface area (Å²) in [5.41, 5.74) is 0.853. The smallest absolute Gasteiger partial charge is 0.281 e. The van der Waals surface area contributed by atoms with Gasteiger partial charge in [-0.15, -0.1) is 10.2 Å². The molecule has 1 N–H and O–H groups in total. The summed E-state index contributed by atoms with van der Waals surface area (Å²) >= 11 is 4.78. The molecule has 84 valence electrons. The lowest BCUT2D eigenvalue weighted by Gasteiger charge is -2.02. The summed E-state index contributed by atoms with van der Waals surface area (Å²) < 4.78 is 6.13. The maximum atomic E-state index is 9.02. The Balaban J connectivity index is 2.19. The first-order chi connectivity index (χ1) is 7.69. The Morgan fingerprint density at radius 1 is 1.44 bits per heavy atom. The Kier molecular flexibility index (Phi) is 3.63. The molecule has 0 fully saturated rings. The minimum atomic E-state index is 0.0190. The van der Waals surface area contributed by atoms with Crippen molar-refractivity contribution in [1.82, 2.24) is 10.2 Å². The zero-order valence-corrected chi connectivity index (χ0v) is 10.9. The van der Waals surface area contributed by atoms with Crippen molar-refractivity contribution in [3.8, 4) is 0 Å². The second-order valence-corrected chi connectivity index (χ2v) is 4.98. The van der Waals surface area contributed by atoms with Crippen molar-refractivity contribution in [3.05, 3.63) is 34.1 Å². The molecule has 0 radical (unpaired) electrons. The van der Waals surface area contributed by atoms with Crippen LogP contribution in [0.1, 0.15) is 11.5 Å². The SMILES string of the molecule is Cc1nnc(Sc2ccc(CO)c(Br)c2)o1. The summed E-state index contributed by atoms with van der Waals surface area (Å²) in [6, 6.07) is 5.67. The van der Waals surface area contributed by atoms with Crippen LogP contribution < -0.4 is 0 Å². The van der Waals surface area contributed by atoms with Crippen molar-refractivity contribution in [3.63, 3.8) is 0 Å². The lowest BCUT2D eigenvalue weighted by atomic mass is 10.2. The maximum absolute atomic E-state index is 9.02. The van der Waals surface area contributed by atoms with Crippen LogP contribution in [0, 0.1) is 6.92 Å². The molecule has 1 heterocycles. The molecule has 0 atom stereocenters. The van der Waals surface area contributed by atoms with E-state index in [0.717, 1.165) is 14.9 Å². The van der Waals surface area contributed by atoms with Crippen molar-refractivity contribution < 1.29 is 9.52 Å². The quantitative estimate of drug-likeness (QED) is 0.944. The van der Waals surface area contributed by atoms with E-state index < -0.39 is 0 Å². The first kappa shape index (κ1) is 11.6. The zero-order chi connectivity index (χ0) is 11.5. The molecule has 0 saturated heterocycles. The molecule has 0 saturated carbocycles. The summed E-state index contributed by atoms with van der Waals surface area (Å²) in [6.07, 6.45) is 0. The highest BCUT2D eigenvalue weighted by Crippen LogP contribution is 2.30. The molecule has 2 aromatic rings. The van der Waals surface area contributed by atoms with Crippen molar-refractivity contribution >= 4 is 27.7 Å². The number of hydrogen-bond acceptors (Lipinski definition) is 5. The van der Waals surface area contributed by atoms with Gasteiger partial charge in [-0.25, -0.2) is 0 Å². The van der Waals surface area contributed by atoms with Crippen molar-refractivity contribution in [1.29, 1.82) is 0 Å². The predicted molar refractivity (Wildman–Crippen MR) is 63.2 cm³/mol. The highest BCUT2D eigenvalue weighted by atomic mass is 79.9. The molecule has 0 bridgehead atoms. The van der Waals surface area contributed by atoms with Gasteiger partial charge in [0.15, 0.2) is 0 Å². The van der Waals surface area contributed by atoms with Gasteiger partial charge in [-0.2, -0.15) is 0 Å². The van der Waals surface area contributed by atoms with E-state index in [9.17, 15) is 0 Å². The predicted octanol–water partition coefficient (Wildman–Crippen LogP) is 2.78. The van der Waals surface area contributed by atoms with Crippen LogP contribution in [0.5, 0.6) is 0 Å². The summed E-state index contributed by atoms with van der Waals surface area (Å²) in [7, 11) is 0. The number of aliphatic hydroxyl groups excluding tert-OH is 1. The van der Waals surface area contributed by atoms with Gasteiger partial charge in [0, 0.05) is 16.3 Å². The fourth-order valence-electron chi connectivity index (χ4n) is 1.14. The highest BCUT2D eigenvalue weighted by molar-refractivity contribution is 9.10. The van der Waals surface area contributed by atoms with E-state index in [2.05, 4.69) is 26.1 Å². The molecule has 6 heteroatoms. The topological polar surface area (TPSA) is 59.2 Å². The number of aromatic nitrogens is 2. The van der Waals surface area contributed by atoms with Crippen LogP contribution in [-0.4, -0.2) is 15.3 Å². The van der Waals surface area contributed by atoms with E-state index in [4.69, 9.17) is 9.52 Å². The molecule has 0 aliphatic heterocycles. The monoisotopic (exact) mass is 300 g/mol. The Hall–Kier alpha value is -0.850. The number of nitrogens with zero attached hydrogens (tertiary/aromatic N) is 2. The van der Waals surface area contributed by atoms with Gasteiger partial charge in [-0.3, -0.25) is 0 Å². The van der Waals surface area contributed by atoms with Crippen LogP contribution in [-0.2, 0) is 6.61 Å². The van der Waals surface area contributed by atoms with E-state index in [1.54, 1.807) is 6.92 Å². The maximum Gasteiger partial charge on any atom is 0.281 e. The summed E-state index contributed by atoms with van der Waals surface area (Å²) in [5.74, 6) is 0.550. The van der Waals surface area contributed by atoms with Crippen molar-refractivity contribution in [2.75, 3.05) is 0 Å². The largest absolute Gasteiger partial charge is 0.416 e. The average Bonchev–Trinajstić information content (AvgIpc) is 2.64. The molecule has 0 aliphatic rings. The van der Waals surface area contributed by atoms with Crippen LogP contribution >= 0.6 is 27.7 Å². The molecule has 0 amide bonds. The van der Waals surface area contributed by atoms with Crippen LogP contribution in [0.3, 0.4) is 0 Å². The van der Waals surface area contributed by atoms with E-state index in [0.29, 0.717) is 11.1 Å². The standard InChI is InChI=1S/C10H9BrN2O2S/c1-6-12-13-10(15-6)16-8-3-2-7(5-14)9(11)4-8/h2-4,14H,5H2,1H3. The van der Waals surface area contributed by atoms with Crippen LogP contribution in [0.25, 0.3) is 0 Å². The van der Waals surface area contributed by atoms with Gasteiger partial charge >= 0.3 is 0 Å². The fourth-order valence-corrected chi connectivity index (χ4v) is 2.55. The number of benzene rings is 1. The molecular weight excluding hydrogens is 292 g/mol. The van der Waals surface area contributed by atoms with Crippen LogP contribution in [0.15, 0.2) is 37.2 Å². The third-order valence-electron chi connectivity index (χ3n) is 1.91. The van der Waals surface area contributed by atoms with Gasteiger partial charge < -0.3 is 9.52 Å². The number of rotatable bonds is 3. The normalized spacial score (nSPS) is 10.7. The fraction of sp³-hybridized carbons (Fsp3) is 0.200. The minimum Gasteiger partial charge on any atom is -0.416 e. The third kappa shape index (κ3) is 2.63. The minimum absolute atomic E-state index is 0.0190. The number of aryl methyl sites for hydroxylation is 1. The third-order valence-corrected chi connectivity index (χ3v) is 3.47. The molecule has 16 heavy (non-hydrogen) atoms. The van der Waals surface area contributed by atoms with Gasteiger partial charge in [0.25, 0.3) is 5.22 Å². The number of hydrogen-bond donors (Lipinski definition) is 1. The lowest BCUT2D eigenvalue weighted by molar-refractivity contribution is 0.281. The van der Waals surface area contributed by atoms with Gasteiger partial charge in [0.05, 0.1) is 6.61 Å². The first-order valence-corrected chi connectivity index (χ1v) is 6.17. The van der Waals surface area contributed by atoms with Gasteiger partial charge in [-0.05, 0) is 29.5 Å². The van der Waals surface area contributed by atoms with Gasteiger partial charge in [0.2, 0.25) is 5.89 Å². The molecular formula is C10H9BrN2O2S. The lowest BCUT2D eigenvalue weighted by Crippen LogP contribution is -1.85. The summed E-state index contributed by atoms with van der Waals surface area (Å²) in [4.78, 5) is 0.979. The van der Waals surface area contributed by atoms with Gasteiger partial charge in [-0.1, -0.05) is 22.0 Å². The Morgan fingerprint density at radius 3 is 2.81 bits per heavy atom. The number of halogens is 1. The molecule has 1 aromatic heterocycles. The Morgan fingerprint density at radius 2 is 2.25 bits per heavy atom. The summed E-state index contributed by atoms with van der Waals surface area (Å²) in [6.45, 7) is 1.77.